The van der Waals surface area contributed by atoms with Crippen LogP contribution < -0.4 is 11.1 Å². The zero-order valence-corrected chi connectivity index (χ0v) is 11.2. The predicted molar refractivity (Wildman–Crippen MR) is 68.9 cm³/mol. The summed E-state index contributed by atoms with van der Waals surface area (Å²) in [6, 6.07) is -0.184. The molecule has 1 aliphatic heterocycles. The molecule has 19 heavy (non-hydrogen) atoms. The van der Waals surface area contributed by atoms with Gasteiger partial charge in [-0.1, -0.05) is 0 Å². The smallest absolute Gasteiger partial charge is 0.246 e. The molecule has 6 nitrogen and oxygen atoms in total. The van der Waals surface area contributed by atoms with Crippen molar-refractivity contribution < 1.29 is 14.4 Å². The standard InChI is InChI=1S/C13H21N3O3/c1-2-16-11(17)7-10(13(16)19)15-9-5-3-8(4-6-9)12(14)18/h8-10,15H,2-7H2,1H3,(H2,14,18). The van der Waals surface area contributed by atoms with Crippen LogP contribution in [0.25, 0.3) is 0 Å². The highest BCUT2D eigenvalue weighted by Gasteiger charge is 2.39. The average Bonchev–Trinajstić information content (AvgIpc) is 2.64. The maximum Gasteiger partial charge on any atom is 0.246 e. The number of carbonyl (C=O) groups excluding carboxylic acids is 3. The summed E-state index contributed by atoms with van der Waals surface area (Å²) in [6.45, 7) is 2.24. The highest BCUT2D eigenvalue weighted by molar-refractivity contribution is 6.05. The minimum Gasteiger partial charge on any atom is -0.369 e. The van der Waals surface area contributed by atoms with Crippen molar-refractivity contribution in [1.29, 1.82) is 0 Å². The molecule has 0 aromatic rings. The first kappa shape index (κ1) is 14.0. The molecule has 1 atom stereocenters. The lowest BCUT2D eigenvalue weighted by atomic mass is 9.85. The van der Waals surface area contributed by atoms with Crippen LogP contribution in [0.2, 0.25) is 0 Å². The number of nitrogens with one attached hydrogen (secondary N) is 1. The van der Waals surface area contributed by atoms with Crippen molar-refractivity contribution in [2.24, 2.45) is 11.7 Å². The summed E-state index contributed by atoms with van der Waals surface area (Å²) in [6.07, 6.45) is 3.44. The number of carbonyl (C=O) groups is 3. The number of rotatable bonds is 4. The van der Waals surface area contributed by atoms with E-state index in [1.165, 1.54) is 4.90 Å². The molecule has 2 fully saturated rings. The zero-order valence-electron chi connectivity index (χ0n) is 11.2. The molecule has 2 aliphatic rings. The third kappa shape index (κ3) is 2.94. The lowest BCUT2D eigenvalue weighted by Crippen LogP contribution is -2.45. The van der Waals surface area contributed by atoms with Crippen molar-refractivity contribution in [2.45, 2.75) is 51.1 Å². The van der Waals surface area contributed by atoms with E-state index in [0.29, 0.717) is 6.54 Å². The first-order chi connectivity index (χ1) is 9.02. The van der Waals surface area contributed by atoms with Gasteiger partial charge in [0.15, 0.2) is 0 Å². The molecule has 0 aromatic carbocycles. The van der Waals surface area contributed by atoms with Crippen molar-refractivity contribution in [2.75, 3.05) is 6.54 Å². The molecule has 6 heteroatoms. The van der Waals surface area contributed by atoms with E-state index in [4.69, 9.17) is 5.73 Å². The maximum atomic E-state index is 12.0. The van der Waals surface area contributed by atoms with Crippen molar-refractivity contribution in [3.63, 3.8) is 0 Å². The third-order valence-corrected chi connectivity index (χ3v) is 4.13. The van der Waals surface area contributed by atoms with Crippen molar-refractivity contribution >= 4 is 17.7 Å². The van der Waals surface area contributed by atoms with E-state index in [0.717, 1.165) is 25.7 Å². The maximum absolute atomic E-state index is 12.0. The van der Waals surface area contributed by atoms with Crippen LogP contribution >= 0.6 is 0 Å². The van der Waals surface area contributed by atoms with Gasteiger partial charge in [0.1, 0.15) is 0 Å². The third-order valence-electron chi connectivity index (χ3n) is 4.13. The number of hydrogen-bond acceptors (Lipinski definition) is 4. The minimum atomic E-state index is -0.387. The summed E-state index contributed by atoms with van der Waals surface area (Å²) in [5, 5.41) is 3.26. The van der Waals surface area contributed by atoms with E-state index < -0.39 is 0 Å². The first-order valence-corrected chi connectivity index (χ1v) is 6.92. The molecule has 0 bridgehead atoms. The average molecular weight is 267 g/mol. The van der Waals surface area contributed by atoms with Gasteiger partial charge in [0.25, 0.3) is 0 Å². The van der Waals surface area contributed by atoms with Crippen LogP contribution in [0.5, 0.6) is 0 Å². The number of nitrogens with two attached hydrogens (primary N) is 1. The normalized spacial score (nSPS) is 31.8. The van der Waals surface area contributed by atoms with E-state index in [1.54, 1.807) is 6.92 Å². The van der Waals surface area contributed by atoms with E-state index in [1.807, 2.05) is 0 Å². The number of likely N-dealkylation sites (tertiary alicyclic amines) is 1. The molecule has 1 aliphatic carbocycles. The quantitative estimate of drug-likeness (QED) is 0.688. The number of amides is 3. The lowest BCUT2D eigenvalue weighted by Gasteiger charge is -2.29. The minimum absolute atomic E-state index is 0.0360. The van der Waals surface area contributed by atoms with E-state index >= 15 is 0 Å². The number of hydrogen-bond donors (Lipinski definition) is 2. The Balaban J connectivity index is 1.85. The second-order valence-electron chi connectivity index (χ2n) is 5.35. The van der Waals surface area contributed by atoms with Crippen LogP contribution in [0.4, 0.5) is 0 Å². The van der Waals surface area contributed by atoms with Gasteiger partial charge in [0.05, 0.1) is 12.5 Å². The van der Waals surface area contributed by atoms with Gasteiger partial charge in [-0.3, -0.25) is 19.3 Å². The molecule has 1 heterocycles. The monoisotopic (exact) mass is 267 g/mol. The highest BCUT2D eigenvalue weighted by Crippen LogP contribution is 2.25. The topological polar surface area (TPSA) is 92.5 Å². The SMILES string of the molecule is CCN1C(=O)CC(NC2CCC(C(N)=O)CC2)C1=O. The van der Waals surface area contributed by atoms with Gasteiger partial charge in [0.2, 0.25) is 17.7 Å². The van der Waals surface area contributed by atoms with Crippen LogP contribution in [-0.2, 0) is 14.4 Å². The Morgan fingerprint density at radius 3 is 2.42 bits per heavy atom. The molecule has 0 aromatic heterocycles. The molecule has 3 N–H and O–H groups in total. The Morgan fingerprint density at radius 1 is 1.32 bits per heavy atom. The summed E-state index contributed by atoms with van der Waals surface area (Å²) in [5.74, 6) is -0.492. The van der Waals surface area contributed by atoms with Gasteiger partial charge in [-0.25, -0.2) is 0 Å². The number of likely N-dealkylation sites (N-methyl/N-ethyl adjacent to an activating group) is 1. The van der Waals surface area contributed by atoms with E-state index in [2.05, 4.69) is 5.32 Å². The molecule has 0 spiro atoms. The molecule has 0 radical (unpaired) electrons. The van der Waals surface area contributed by atoms with Crippen LogP contribution in [0.3, 0.4) is 0 Å². The van der Waals surface area contributed by atoms with E-state index in [9.17, 15) is 14.4 Å². The fraction of sp³-hybridized carbons (Fsp3) is 0.769. The van der Waals surface area contributed by atoms with Gasteiger partial charge in [-0.05, 0) is 32.6 Å². The van der Waals surface area contributed by atoms with Gasteiger partial charge in [-0.15, -0.1) is 0 Å². The molecular weight excluding hydrogens is 246 g/mol. The van der Waals surface area contributed by atoms with Gasteiger partial charge < -0.3 is 11.1 Å². The van der Waals surface area contributed by atoms with Crippen molar-refractivity contribution in [1.82, 2.24) is 10.2 Å². The zero-order chi connectivity index (χ0) is 14.0. The molecular formula is C13H21N3O3. The highest BCUT2D eigenvalue weighted by atomic mass is 16.2. The summed E-state index contributed by atoms with van der Waals surface area (Å²) in [7, 11) is 0. The molecule has 1 unspecified atom stereocenters. The number of nitrogens with zero attached hydrogens (tertiary/aromatic N) is 1. The van der Waals surface area contributed by atoms with Crippen LogP contribution in [0.1, 0.15) is 39.0 Å². The van der Waals surface area contributed by atoms with Crippen LogP contribution in [0, 0.1) is 5.92 Å². The molecule has 1 saturated heterocycles. The van der Waals surface area contributed by atoms with Crippen LogP contribution in [-0.4, -0.2) is 41.2 Å². The lowest BCUT2D eigenvalue weighted by molar-refractivity contribution is -0.138. The number of primary amides is 1. The number of imide groups is 1. The Hall–Kier alpha value is -1.43. The Kier molecular flexibility index (Phi) is 4.19. The second kappa shape index (κ2) is 5.69. The Bertz CT molecular complexity index is 389. The second-order valence-corrected chi connectivity index (χ2v) is 5.35. The largest absolute Gasteiger partial charge is 0.369 e. The molecule has 106 valence electrons. The Morgan fingerprint density at radius 2 is 1.95 bits per heavy atom. The van der Waals surface area contributed by atoms with Crippen molar-refractivity contribution in [3.05, 3.63) is 0 Å². The summed E-state index contributed by atoms with van der Waals surface area (Å²) < 4.78 is 0. The molecule has 3 amide bonds. The predicted octanol–water partition coefficient (Wildman–Crippen LogP) is -0.232. The summed E-state index contributed by atoms with van der Waals surface area (Å²) >= 11 is 0. The summed E-state index contributed by atoms with van der Waals surface area (Å²) in [5.41, 5.74) is 5.29. The van der Waals surface area contributed by atoms with Gasteiger partial charge >= 0.3 is 0 Å². The molecule has 1 saturated carbocycles. The Labute approximate surface area is 112 Å². The van der Waals surface area contributed by atoms with Gasteiger partial charge in [-0.2, -0.15) is 0 Å². The summed E-state index contributed by atoms with van der Waals surface area (Å²) in [4.78, 5) is 36.0. The fourth-order valence-corrected chi connectivity index (χ4v) is 2.97. The van der Waals surface area contributed by atoms with E-state index in [-0.39, 0.29) is 42.1 Å². The van der Waals surface area contributed by atoms with Crippen molar-refractivity contribution in [3.8, 4) is 0 Å². The van der Waals surface area contributed by atoms with Gasteiger partial charge in [0, 0.05) is 18.5 Å². The fourth-order valence-electron chi connectivity index (χ4n) is 2.97. The first-order valence-electron chi connectivity index (χ1n) is 6.92. The van der Waals surface area contributed by atoms with Crippen LogP contribution in [0.15, 0.2) is 0 Å². The molecule has 2 rings (SSSR count).